The highest BCUT2D eigenvalue weighted by atomic mass is 35.5. The topological polar surface area (TPSA) is 54.3 Å². The van der Waals surface area contributed by atoms with E-state index in [0.717, 1.165) is 29.5 Å². The quantitative estimate of drug-likeness (QED) is 0.666. The molecule has 166 valence electrons. The maximum absolute atomic E-state index is 13.9. The summed E-state index contributed by atoms with van der Waals surface area (Å²) >= 11 is 7.93. The second kappa shape index (κ2) is 8.13. The summed E-state index contributed by atoms with van der Waals surface area (Å²) in [6.07, 6.45) is 9.54. The molecule has 4 atom stereocenters. The van der Waals surface area contributed by atoms with E-state index in [4.69, 9.17) is 11.6 Å². The van der Waals surface area contributed by atoms with E-state index in [1.165, 1.54) is 6.42 Å². The van der Waals surface area contributed by atoms with Crippen molar-refractivity contribution in [1.29, 1.82) is 0 Å². The van der Waals surface area contributed by atoms with Crippen molar-refractivity contribution in [3.8, 4) is 11.8 Å². The highest BCUT2D eigenvalue weighted by Crippen LogP contribution is 2.36. The number of amides is 2. The molecule has 1 aliphatic heterocycles. The molecule has 0 saturated heterocycles. The number of carbonyl (C=O) groups is 2. The highest BCUT2D eigenvalue weighted by Gasteiger charge is 2.50. The van der Waals surface area contributed by atoms with E-state index in [1.807, 2.05) is 29.0 Å². The monoisotopic (exact) mass is 467 g/mol. The first-order valence-corrected chi connectivity index (χ1v) is 12.4. The lowest BCUT2D eigenvalue weighted by Gasteiger charge is -2.46. The molecule has 2 amide bonds. The molecule has 1 saturated carbocycles. The second-order valence-corrected chi connectivity index (χ2v) is 10.6. The molecule has 2 aromatic heterocycles. The number of nitrogens with zero attached hydrogens (tertiary/aromatic N) is 2. The molecule has 5 rings (SSSR count). The minimum atomic E-state index is -1.10. The average molecular weight is 468 g/mol. The zero-order valence-corrected chi connectivity index (χ0v) is 19.8. The van der Waals surface area contributed by atoms with Crippen molar-refractivity contribution in [2.75, 3.05) is 0 Å². The Labute approximate surface area is 197 Å². The first-order valence-electron chi connectivity index (χ1n) is 11.1. The van der Waals surface area contributed by atoms with Crippen LogP contribution in [0.5, 0.6) is 0 Å². The number of allylic oxidation sites excluding steroid dienone is 3. The number of hydrogen-bond acceptors (Lipinski definition) is 3. The summed E-state index contributed by atoms with van der Waals surface area (Å²) < 4.78 is 3.03. The number of halogens is 1. The van der Waals surface area contributed by atoms with Crippen LogP contribution in [-0.4, -0.2) is 38.9 Å². The van der Waals surface area contributed by atoms with E-state index in [0.29, 0.717) is 23.2 Å². The summed E-state index contributed by atoms with van der Waals surface area (Å²) in [6.45, 7) is 4.43. The molecule has 2 aromatic rings. The van der Waals surface area contributed by atoms with Crippen LogP contribution >= 0.6 is 22.9 Å². The van der Waals surface area contributed by atoms with Crippen molar-refractivity contribution in [2.24, 2.45) is 5.92 Å². The van der Waals surface area contributed by atoms with E-state index < -0.39 is 11.6 Å². The van der Waals surface area contributed by atoms with Crippen molar-refractivity contribution in [1.82, 2.24) is 14.8 Å². The fourth-order valence-electron chi connectivity index (χ4n) is 5.17. The van der Waals surface area contributed by atoms with Gasteiger partial charge in [0, 0.05) is 11.1 Å². The number of rotatable bonds is 3. The zero-order valence-electron chi connectivity index (χ0n) is 18.2. The molecule has 1 N–H and O–H groups in total. The Morgan fingerprint density at radius 2 is 2.16 bits per heavy atom. The van der Waals surface area contributed by atoms with Crippen molar-refractivity contribution in [3.05, 3.63) is 46.5 Å². The Bertz CT molecular complexity index is 1210. The van der Waals surface area contributed by atoms with Crippen LogP contribution < -0.4 is 5.32 Å². The summed E-state index contributed by atoms with van der Waals surface area (Å²) in [5.74, 6) is 6.17. The average Bonchev–Trinajstić information content (AvgIpc) is 3.28. The molecule has 0 radical (unpaired) electrons. The molecule has 7 heteroatoms. The summed E-state index contributed by atoms with van der Waals surface area (Å²) in [5.41, 5.74) is 0.476. The Kier molecular flexibility index (Phi) is 5.43. The first-order chi connectivity index (χ1) is 15.4. The third kappa shape index (κ3) is 3.48. The Balaban J connectivity index is 1.58. The van der Waals surface area contributed by atoms with Gasteiger partial charge in [-0.25, -0.2) is 0 Å². The third-order valence-electron chi connectivity index (χ3n) is 7.03. The molecule has 0 aromatic carbocycles. The Morgan fingerprint density at radius 1 is 1.34 bits per heavy atom. The van der Waals surface area contributed by atoms with Crippen LogP contribution in [0.1, 0.15) is 50.0 Å². The van der Waals surface area contributed by atoms with Gasteiger partial charge in [0.15, 0.2) is 0 Å². The number of aromatic nitrogens is 1. The minimum absolute atomic E-state index is 0.123. The number of thiophene rings is 1. The van der Waals surface area contributed by atoms with Crippen molar-refractivity contribution < 1.29 is 9.59 Å². The summed E-state index contributed by atoms with van der Waals surface area (Å²) in [4.78, 5) is 29.4. The molecular weight excluding hydrogens is 442 g/mol. The van der Waals surface area contributed by atoms with Crippen LogP contribution in [0.3, 0.4) is 0 Å². The molecule has 0 bridgehead atoms. The minimum Gasteiger partial charge on any atom is -0.351 e. The maximum Gasteiger partial charge on any atom is 0.272 e. The standard InChI is InChI=1S/C25H26ClN3O2S/c1-16-7-3-6-10-19(16)27-24(31)25(2)15-28-20-11-12-32-22(20)14-21(28)23(30)29(25)18-9-5-4-8-17(26)13-18/h4,8,11-14,16,18-19H,3,6-7,10,15H2,1-2H3,(H,27,31). The number of fused-ring (bicyclic) bond motifs is 3. The zero-order chi connectivity index (χ0) is 22.5. The predicted octanol–water partition coefficient (Wildman–Crippen LogP) is 4.68. The van der Waals surface area contributed by atoms with Crippen LogP contribution in [0.15, 0.2) is 40.8 Å². The summed E-state index contributed by atoms with van der Waals surface area (Å²) in [6, 6.07) is 3.47. The van der Waals surface area contributed by atoms with Crippen LogP contribution in [0.2, 0.25) is 0 Å². The normalized spacial score (nSPS) is 29.7. The fraction of sp³-hybridized carbons (Fsp3) is 0.440. The van der Waals surface area contributed by atoms with Crippen LogP contribution in [0.25, 0.3) is 10.2 Å². The molecule has 3 aliphatic rings. The van der Waals surface area contributed by atoms with Crippen molar-refractivity contribution in [3.63, 3.8) is 0 Å². The fourth-order valence-corrected chi connectivity index (χ4v) is 6.17. The van der Waals surface area contributed by atoms with Crippen LogP contribution in [-0.2, 0) is 11.3 Å². The van der Waals surface area contributed by atoms with E-state index in [9.17, 15) is 9.59 Å². The SMILES string of the molecule is CC1CCCCC1NC(=O)C1(C)Cn2c(cc3sccc32)C(=O)N1C1C#CC=CC(Cl)=C1. The van der Waals surface area contributed by atoms with Gasteiger partial charge in [0.1, 0.15) is 17.3 Å². The van der Waals surface area contributed by atoms with Crippen LogP contribution in [0, 0.1) is 17.8 Å². The molecule has 4 unspecified atom stereocenters. The van der Waals surface area contributed by atoms with Gasteiger partial charge in [-0.1, -0.05) is 43.2 Å². The second-order valence-electron chi connectivity index (χ2n) is 9.19. The number of nitrogens with one attached hydrogen (secondary N) is 1. The molecule has 3 heterocycles. The summed E-state index contributed by atoms with van der Waals surface area (Å²) in [5, 5.41) is 5.81. The Morgan fingerprint density at radius 3 is 2.97 bits per heavy atom. The van der Waals surface area contributed by atoms with Gasteiger partial charge >= 0.3 is 0 Å². The van der Waals surface area contributed by atoms with E-state index in [-0.39, 0.29) is 17.9 Å². The van der Waals surface area contributed by atoms with Gasteiger partial charge in [-0.05, 0) is 61.4 Å². The van der Waals surface area contributed by atoms with E-state index >= 15 is 0 Å². The van der Waals surface area contributed by atoms with Crippen molar-refractivity contribution >= 4 is 45.0 Å². The lowest BCUT2D eigenvalue weighted by Crippen LogP contribution is -2.67. The van der Waals surface area contributed by atoms with Gasteiger partial charge < -0.3 is 14.8 Å². The van der Waals surface area contributed by atoms with Gasteiger partial charge in [-0.3, -0.25) is 9.59 Å². The molecule has 1 fully saturated rings. The van der Waals surface area contributed by atoms with Gasteiger partial charge in [-0.15, -0.1) is 11.3 Å². The van der Waals surface area contributed by atoms with Gasteiger partial charge in [0.2, 0.25) is 5.91 Å². The molecular formula is C25H26ClN3O2S. The first kappa shape index (κ1) is 21.4. The largest absolute Gasteiger partial charge is 0.351 e. The lowest BCUT2D eigenvalue weighted by atomic mass is 9.84. The smallest absolute Gasteiger partial charge is 0.272 e. The van der Waals surface area contributed by atoms with E-state index in [1.54, 1.807) is 34.5 Å². The molecule has 32 heavy (non-hydrogen) atoms. The van der Waals surface area contributed by atoms with Gasteiger partial charge in [0.05, 0.1) is 16.8 Å². The Hall–Kier alpha value is -2.49. The number of carbonyl (C=O) groups excluding carboxylic acids is 2. The molecule has 2 aliphatic carbocycles. The van der Waals surface area contributed by atoms with Crippen LogP contribution in [0.4, 0.5) is 0 Å². The molecule has 5 nitrogen and oxygen atoms in total. The number of hydrogen-bond donors (Lipinski definition) is 1. The lowest BCUT2D eigenvalue weighted by molar-refractivity contribution is -0.134. The maximum atomic E-state index is 13.9. The van der Waals surface area contributed by atoms with Gasteiger partial charge in [0.25, 0.3) is 5.91 Å². The van der Waals surface area contributed by atoms with E-state index in [2.05, 4.69) is 24.1 Å². The predicted molar refractivity (Wildman–Crippen MR) is 129 cm³/mol. The highest BCUT2D eigenvalue weighted by molar-refractivity contribution is 7.17. The third-order valence-corrected chi connectivity index (χ3v) is 8.13. The van der Waals surface area contributed by atoms with Crippen molar-refractivity contribution in [2.45, 2.75) is 63.7 Å². The molecule has 0 spiro atoms. The van der Waals surface area contributed by atoms with Gasteiger partial charge in [-0.2, -0.15) is 0 Å². The summed E-state index contributed by atoms with van der Waals surface area (Å²) in [7, 11) is 0.